The molecule has 130 valence electrons. The first-order valence-corrected chi connectivity index (χ1v) is 8.97. The number of carbonyl (C=O) groups excluding carboxylic acids is 1. The summed E-state index contributed by atoms with van der Waals surface area (Å²) in [6.45, 7) is 6.92. The van der Waals surface area contributed by atoms with Gasteiger partial charge in [0.25, 0.3) is 0 Å². The van der Waals surface area contributed by atoms with E-state index in [1.165, 1.54) is 16.9 Å². The molecule has 0 saturated heterocycles. The summed E-state index contributed by atoms with van der Waals surface area (Å²) < 4.78 is 7.21. The Kier molecular flexibility index (Phi) is 5.14. The van der Waals surface area contributed by atoms with Crippen molar-refractivity contribution in [2.75, 3.05) is 12.0 Å². The summed E-state index contributed by atoms with van der Waals surface area (Å²) in [5.74, 6) is -0.347. The van der Waals surface area contributed by atoms with Gasteiger partial charge in [0.15, 0.2) is 0 Å². The molecule has 3 rings (SSSR count). The van der Waals surface area contributed by atoms with Crippen molar-refractivity contribution in [1.82, 2.24) is 9.55 Å². The topological polar surface area (TPSA) is 68.5 Å². The van der Waals surface area contributed by atoms with Crippen molar-refractivity contribution in [3.05, 3.63) is 46.6 Å². The predicted molar refractivity (Wildman–Crippen MR) is 102 cm³/mol. The number of para-hydroxylation sites is 1. The number of ether oxygens (including phenoxy) is 1. The van der Waals surface area contributed by atoms with Gasteiger partial charge in [-0.25, -0.2) is 9.78 Å². The van der Waals surface area contributed by atoms with Gasteiger partial charge in [-0.05, 0) is 26.8 Å². The van der Waals surface area contributed by atoms with Gasteiger partial charge in [-0.1, -0.05) is 29.5 Å². The predicted octanol–water partition coefficient (Wildman–Crippen LogP) is 4.05. The van der Waals surface area contributed by atoms with E-state index in [0.29, 0.717) is 22.3 Å². The van der Waals surface area contributed by atoms with Crippen molar-refractivity contribution >= 4 is 39.6 Å². The van der Waals surface area contributed by atoms with Crippen molar-refractivity contribution in [2.24, 2.45) is 5.10 Å². The molecule has 0 spiro atoms. The molecule has 3 aromatic rings. The van der Waals surface area contributed by atoms with E-state index in [0.717, 1.165) is 17.5 Å². The van der Waals surface area contributed by atoms with Crippen LogP contribution in [0.1, 0.15) is 34.8 Å². The minimum absolute atomic E-state index is 0.346. The summed E-state index contributed by atoms with van der Waals surface area (Å²) in [6.07, 6.45) is 3.85. The molecule has 7 heteroatoms. The van der Waals surface area contributed by atoms with Crippen molar-refractivity contribution < 1.29 is 9.53 Å². The van der Waals surface area contributed by atoms with Crippen LogP contribution in [-0.4, -0.2) is 28.3 Å². The highest BCUT2D eigenvalue weighted by Crippen LogP contribution is 2.24. The number of hydrogen-bond donors (Lipinski definition) is 1. The number of thiazole rings is 1. The molecule has 0 aliphatic rings. The van der Waals surface area contributed by atoms with Crippen LogP contribution >= 0.6 is 11.3 Å². The Labute approximate surface area is 150 Å². The van der Waals surface area contributed by atoms with Crippen molar-refractivity contribution in [1.29, 1.82) is 0 Å². The van der Waals surface area contributed by atoms with Gasteiger partial charge in [-0.3, -0.25) is 5.43 Å². The smallest absolute Gasteiger partial charge is 0.350 e. The van der Waals surface area contributed by atoms with E-state index in [4.69, 9.17) is 4.74 Å². The second-order valence-corrected chi connectivity index (χ2v) is 6.41. The van der Waals surface area contributed by atoms with Gasteiger partial charge in [0.1, 0.15) is 4.88 Å². The first-order valence-electron chi connectivity index (χ1n) is 8.15. The molecular formula is C18H20N4O2S. The number of nitrogens with zero attached hydrogens (tertiary/aromatic N) is 3. The zero-order chi connectivity index (χ0) is 17.8. The van der Waals surface area contributed by atoms with Crippen LogP contribution in [0.2, 0.25) is 0 Å². The van der Waals surface area contributed by atoms with E-state index >= 15 is 0 Å². The van der Waals surface area contributed by atoms with Gasteiger partial charge in [-0.2, -0.15) is 5.10 Å². The first-order chi connectivity index (χ1) is 12.1. The van der Waals surface area contributed by atoms with Crippen LogP contribution in [0.15, 0.2) is 35.6 Å². The Morgan fingerprint density at radius 1 is 1.40 bits per heavy atom. The molecule has 2 aromatic heterocycles. The van der Waals surface area contributed by atoms with Crippen LogP contribution in [0.5, 0.6) is 0 Å². The van der Waals surface area contributed by atoms with Crippen LogP contribution in [0, 0.1) is 6.92 Å². The molecule has 25 heavy (non-hydrogen) atoms. The van der Waals surface area contributed by atoms with Crippen molar-refractivity contribution in [2.45, 2.75) is 27.3 Å². The highest BCUT2D eigenvalue weighted by Gasteiger charge is 2.16. The molecule has 0 amide bonds. The maximum atomic E-state index is 11.8. The number of carbonyl (C=O) groups is 1. The van der Waals surface area contributed by atoms with E-state index < -0.39 is 0 Å². The van der Waals surface area contributed by atoms with Gasteiger partial charge in [-0.15, -0.1) is 0 Å². The molecule has 0 fully saturated rings. The third-order valence-electron chi connectivity index (χ3n) is 3.78. The molecule has 6 nitrogen and oxygen atoms in total. The number of anilines is 1. The molecule has 1 aromatic carbocycles. The number of esters is 1. The average molecular weight is 356 g/mol. The molecule has 0 aliphatic carbocycles. The molecule has 0 radical (unpaired) electrons. The molecule has 0 aliphatic heterocycles. The van der Waals surface area contributed by atoms with Crippen molar-refractivity contribution in [3.63, 3.8) is 0 Å². The Balaban J connectivity index is 1.78. The minimum Gasteiger partial charge on any atom is -0.462 e. The van der Waals surface area contributed by atoms with Gasteiger partial charge < -0.3 is 9.30 Å². The fourth-order valence-corrected chi connectivity index (χ4v) is 3.44. The molecule has 1 N–H and O–H groups in total. The standard InChI is InChI=1S/C18H20N4O2S/c1-4-22-11-13(14-8-6-7-9-15(14)22)10-19-21-18-20-12(3)16(25-18)17(23)24-5-2/h6-11H,4-5H2,1-3H3,(H,20,21)/b19-10-. The largest absolute Gasteiger partial charge is 0.462 e. The first kappa shape index (κ1) is 17.2. The zero-order valence-electron chi connectivity index (χ0n) is 14.4. The fraction of sp³-hybridized carbons (Fsp3) is 0.278. The van der Waals surface area contributed by atoms with Gasteiger partial charge >= 0.3 is 5.97 Å². The fourth-order valence-electron chi connectivity index (χ4n) is 2.63. The number of rotatable bonds is 6. The highest BCUT2D eigenvalue weighted by molar-refractivity contribution is 7.17. The van der Waals surface area contributed by atoms with Crippen LogP contribution in [0.3, 0.4) is 0 Å². The van der Waals surface area contributed by atoms with E-state index in [2.05, 4.69) is 45.3 Å². The lowest BCUT2D eigenvalue weighted by atomic mass is 10.2. The van der Waals surface area contributed by atoms with Crippen LogP contribution in [0.25, 0.3) is 10.9 Å². The number of fused-ring (bicyclic) bond motifs is 1. The third-order valence-corrected chi connectivity index (χ3v) is 4.82. The quantitative estimate of drug-likeness (QED) is 0.411. The molecule has 2 heterocycles. The van der Waals surface area contributed by atoms with E-state index in [1.807, 2.05) is 12.1 Å². The normalized spacial score (nSPS) is 11.3. The summed E-state index contributed by atoms with van der Waals surface area (Å²) in [7, 11) is 0. The summed E-state index contributed by atoms with van der Waals surface area (Å²) in [4.78, 5) is 16.7. The second kappa shape index (κ2) is 7.48. The lowest BCUT2D eigenvalue weighted by molar-refractivity contribution is 0.0531. The summed E-state index contributed by atoms with van der Waals surface area (Å²) in [6, 6.07) is 8.22. The van der Waals surface area contributed by atoms with Gasteiger partial charge in [0, 0.05) is 29.2 Å². The van der Waals surface area contributed by atoms with Crippen LogP contribution < -0.4 is 5.43 Å². The Morgan fingerprint density at radius 2 is 2.20 bits per heavy atom. The lowest BCUT2D eigenvalue weighted by Gasteiger charge is -1.97. The Morgan fingerprint density at radius 3 is 2.96 bits per heavy atom. The molecular weight excluding hydrogens is 336 g/mol. The lowest BCUT2D eigenvalue weighted by Crippen LogP contribution is -2.03. The Hall–Kier alpha value is -2.67. The number of hydrogen-bond acceptors (Lipinski definition) is 6. The SMILES string of the molecule is CCOC(=O)c1sc(N/N=C\c2cn(CC)c3ccccc23)nc1C. The summed E-state index contributed by atoms with van der Waals surface area (Å²) in [5, 5.41) is 5.99. The third kappa shape index (κ3) is 3.56. The average Bonchev–Trinajstić information content (AvgIpc) is 3.16. The molecule has 0 atom stereocenters. The highest BCUT2D eigenvalue weighted by atomic mass is 32.1. The zero-order valence-corrected chi connectivity index (χ0v) is 15.3. The maximum Gasteiger partial charge on any atom is 0.350 e. The maximum absolute atomic E-state index is 11.8. The summed E-state index contributed by atoms with van der Waals surface area (Å²) in [5.41, 5.74) is 5.76. The number of nitrogens with one attached hydrogen (secondary N) is 1. The molecule has 0 saturated carbocycles. The number of aryl methyl sites for hydroxylation is 2. The summed E-state index contributed by atoms with van der Waals surface area (Å²) >= 11 is 1.24. The monoisotopic (exact) mass is 356 g/mol. The number of benzene rings is 1. The number of aromatic nitrogens is 2. The van der Waals surface area contributed by atoms with E-state index in [1.54, 1.807) is 20.1 Å². The number of hydrazone groups is 1. The van der Waals surface area contributed by atoms with E-state index in [9.17, 15) is 4.79 Å². The molecule has 0 unspecified atom stereocenters. The van der Waals surface area contributed by atoms with Crippen LogP contribution in [-0.2, 0) is 11.3 Å². The molecule has 0 bridgehead atoms. The second-order valence-electron chi connectivity index (χ2n) is 5.41. The van der Waals surface area contributed by atoms with Crippen LogP contribution in [0.4, 0.5) is 5.13 Å². The van der Waals surface area contributed by atoms with E-state index in [-0.39, 0.29) is 5.97 Å². The van der Waals surface area contributed by atoms with Crippen molar-refractivity contribution in [3.8, 4) is 0 Å². The van der Waals surface area contributed by atoms with Gasteiger partial charge in [0.05, 0.1) is 18.5 Å². The Bertz CT molecular complexity index is 926. The van der Waals surface area contributed by atoms with Gasteiger partial charge in [0.2, 0.25) is 5.13 Å². The minimum atomic E-state index is -0.347.